The van der Waals surface area contributed by atoms with Crippen LogP contribution in [0.1, 0.15) is 22.7 Å². The molecule has 2 N–H and O–H groups in total. The molecule has 1 rings (SSSR count). The number of halogens is 3. The summed E-state index contributed by atoms with van der Waals surface area (Å²) in [7, 11) is 0. The first kappa shape index (κ1) is 12.3. The van der Waals surface area contributed by atoms with Crippen molar-refractivity contribution in [1.29, 1.82) is 0 Å². The van der Waals surface area contributed by atoms with Gasteiger partial charge in [-0.1, -0.05) is 11.6 Å². The smallest absolute Gasteiger partial charge is 0.246 e. The maximum Gasteiger partial charge on any atom is 0.246 e. The molecule has 0 radical (unpaired) electrons. The number of rotatable bonds is 3. The molecule has 0 bridgehead atoms. The fourth-order valence-corrected chi connectivity index (χ4v) is 2.02. The van der Waals surface area contributed by atoms with Crippen LogP contribution in [0, 0.1) is 13.8 Å². The molecular formula is C10H13ClF2N2. The van der Waals surface area contributed by atoms with E-state index in [-0.39, 0.29) is 11.7 Å². The molecule has 0 aliphatic carbocycles. The molecule has 1 aromatic rings. The van der Waals surface area contributed by atoms with Crippen molar-refractivity contribution in [3.8, 4) is 0 Å². The number of nitrogens with two attached hydrogens (primary N) is 1. The van der Waals surface area contributed by atoms with Gasteiger partial charge < -0.3 is 5.73 Å². The summed E-state index contributed by atoms with van der Waals surface area (Å²) in [6.45, 7) is 3.37. The lowest BCUT2D eigenvalue weighted by molar-refractivity contribution is 0.116. The van der Waals surface area contributed by atoms with Crippen LogP contribution >= 0.6 is 11.6 Å². The minimum atomic E-state index is -2.52. The van der Waals surface area contributed by atoms with Crippen LogP contribution < -0.4 is 5.73 Å². The number of pyridine rings is 1. The van der Waals surface area contributed by atoms with Crippen molar-refractivity contribution in [2.75, 3.05) is 6.54 Å². The average molecular weight is 235 g/mol. The van der Waals surface area contributed by atoms with Crippen molar-refractivity contribution in [3.63, 3.8) is 0 Å². The summed E-state index contributed by atoms with van der Waals surface area (Å²) in [6, 6.07) is 1.73. The molecule has 2 nitrogen and oxygen atoms in total. The summed E-state index contributed by atoms with van der Waals surface area (Å²) in [5.74, 6) is -1.04. The summed E-state index contributed by atoms with van der Waals surface area (Å²) in [5.41, 5.74) is 7.10. The Kier molecular flexibility index (Phi) is 3.99. The summed E-state index contributed by atoms with van der Waals surface area (Å²) < 4.78 is 25.4. The van der Waals surface area contributed by atoms with Crippen LogP contribution in [0.2, 0.25) is 5.15 Å². The van der Waals surface area contributed by atoms with Gasteiger partial charge in [-0.05, 0) is 25.5 Å². The zero-order chi connectivity index (χ0) is 11.6. The molecule has 0 fully saturated rings. The van der Waals surface area contributed by atoms with Crippen LogP contribution in [0.15, 0.2) is 6.07 Å². The Bertz CT molecular complexity index is 332. The molecule has 1 aromatic heterocycles. The zero-order valence-corrected chi connectivity index (χ0v) is 9.35. The van der Waals surface area contributed by atoms with E-state index in [1.54, 1.807) is 19.9 Å². The van der Waals surface area contributed by atoms with Gasteiger partial charge in [0.05, 0.1) is 5.92 Å². The maximum atomic E-state index is 12.7. The van der Waals surface area contributed by atoms with E-state index in [2.05, 4.69) is 4.98 Å². The fraction of sp³-hybridized carbons (Fsp3) is 0.500. The summed E-state index contributed by atoms with van der Waals surface area (Å²) >= 11 is 5.85. The van der Waals surface area contributed by atoms with Gasteiger partial charge in [-0.25, -0.2) is 13.8 Å². The van der Waals surface area contributed by atoms with E-state index in [1.165, 1.54) is 0 Å². The molecule has 1 unspecified atom stereocenters. The molecule has 1 heterocycles. The van der Waals surface area contributed by atoms with Crippen molar-refractivity contribution < 1.29 is 8.78 Å². The van der Waals surface area contributed by atoms with Crippen molar-refractivity contribution in [1.82, 2.24) is 4.98 Å². The molecule has 0 aliphatic rings. The van der Waals surface area contributed by atoms with Crippen molar-refractivity contribution in [2.24, 2.45) is 5.73 Å². The molecular weight excluding hydrogens is 222 g/mol. The van der Waals surface area contributed by atoms with Crippen molar-refractivity contribution >= 4 is 11.6 Å². The lowest BCUT2D eigenvalue weighted by atomic mass is 9.96. The Morgan fingerprint density at radius 2 is 2.07 bits per heavy atom. The molecule has 0 aromatic carbocycles. The largest absolute Gasteiger partial charge is 0.330 e. The maximum absolute atomic E-state index is 12.7. The summed E-state index contributed by atoms with van der Waals surface area (Å²) in [4.78, 5) is 3.96. The second kappa shape index (κ2) is 4.86. The minimum Gasteiger partial charge on any atom is -0.330 e. The Hall–Kier alpha value is -0.740. The highest BCUT2D eigenvalue weighted by atomic mass is 35.5. The number of hydrogen-bond donors (Lipinski definition) is 1. The summed E-state index contributed by atoms with van der Waals surface area (Å²) in [6.07, 6.45) is -2.52. The van der Waals surface area contributed by atoms with Crippen LogP contribution in [0.5, 0.6) is 0 Å². The third kappa shape index (κ3) is 2.63. The van der Waals surface area contributed by atoms with Gasteiger partial charge in [0.2, 0.25) is 6.43 Å². The molecule has 84 valence electrons. The molecule has 15 heavy (non-hydrogen) atoms. The van der Waals surface area contributed by atoms with E-state index in [0.717, 1.165) is 0 Å². The first-order valence-corrected chi connectivity index (χ1v) is 4.97. The third-order valence-corrected chi connectivity index (χ3v) is 2.56. The van der Waals surface area contributed by atoms with E-state index in [1.807, 2.05) is 0 Å². The van der Waals surface area contributed by atoms with Crippen LogP contribution in [-0.4, -0.2) is 18.0 Å². The lowest BCUT2D eigenvalue weighted by Gasteiger charge is -2.18. The molecule has 0 saturated heterocycles. The number of aryl methyl sites for hydroxylation is 2. The normalized spacial score (nSPS) is 13.3. The van der Waals surface area contributed by atoms with Gasteiger partial charge in [0, 0.05) is 17.8 Å². The van der Waals surface area contributed by atoms with Gasteiger partial charge in [-0.3, -0.25) is 0 Å². The van der Waals surface area contributed by atoms with E-state index >= 15 is 0 Å². The van der Waals surface area contributed by atoms with Gasteiger partial charge in [0.15, 0.2) is 0 Å². The number of hydrogen-bond acceptors (Lipinski definition) is 2. The number of alkyl halides is 2. The quantitative estimate of drug-likeness (QED) is 0.817. The van der Waals surface area contributed by atoms with Crippen molar-refractivity contribution in [2.45, 2.75) is 26.2 Å². The second-order valence-electron chi connectivity index (χ2n) is 3.46. The highest BCUT2D eigenvalue weighted by molar-refractivity contribution is 6.30. The van der Waals surface area contributed by atoms with E-state index in [9.17, 15) is 8.78 Å². The first-order valence-electron chi connectivity index (χ1n) is 4.59. The van der Waals surface area contributed by atoms with E-state index in [4.69, 9.17) is 17.3 Å². The molecule has 0 spiro atoms. The van der Waals surface area contributed by atoms with E-state index < -0.39 is 12.3 Å². The summed E-state index contributed by atoms with van der Waals surface area (Å²) in [5, 5.41) is 0.128. The molecule has 0 saturated carbocycles. The third-order valence-electron chi connectivity index (χ3n) is 2.28. The second-order valence-corrected chi connectivity index (χ2v) is 3.82. The number of nitrogens with zero attached hydrogens (tertiary/aromatic N) is 1. The number of aromatic nitrogens is 1. The van der Waals surface area contributed by atoms with Gasteiger partial charge in [0.25, 0.3) is 0 Å². The molecule has 5 heteroatoms. The van der Waals surface area contributed by atoms with Crippen LogP contribution in [0.3, 0.4) is 0 Å². The Morgan fingerprint density at radius 3 is 2.47 bits per heavy atom. The Morgan fingerprint density at radius 1 is 1.47 bits per heavy atom. The zero-order valence-electron chi connectivity index (χ0n) is 8.60. The highest BCUT2D eigenvalue weighted by Gasteiger charge is 2.25. The highest BCUT2D eigenvalue weighted by Crippen LogP contribution is 2.30. The predicted molar refractivity (Wildman–Crippen MR) is 56.5 cm³/mol. The van der Waals surface area contributed by atoms with Gasteiger partial charge in [-0.15, -0.1) is 0 Å². The SMILES string of the molecule is Cc1cc(C)c(C(CN)C(F)F)c(Cl)n1. The molecule has 0 amide bonds. The molecule has 1 atom stereocenters. The average Bonchev–Trinajstić information content (AvgIpc) is 2.09. The molecule has 0 aliphatic heterocycles. The minimum absolute atomic E-state index is 0.128. The van der Waals surface area contributed by atoms with Crippen molar-refractivity contribution in [3.05, 3.63) is 28.0 Å². The van der Waals surface area contributed by atoms with Gasteiger partial charge >= 0.3 is 0 Å². The fourth-order valence-electron chi connectivity index (χ4n) is 1.59. The topological polar surface area (TPSA) is 38.9 Å². The van der Waals surface area contributed by atoms with Crippen LogP contribution in [0.4, 0.5) is 8.78 Å². The monoisotopic (exact) mass is 234 g/mol. The Labute approximate surface area is 92.4 Å². The van der Waals surface area contributed by atoms with E-state index in [0.29, 0.717) is 16.8 Å². The van der Waals surface area contributed by atoms with Crippen LogP contribution in [0.25, 0.3) is 0 Å². The predicted octanol–water partition coefficient (Wildman–Crippen LogP) is 2.66. The van der Waals surface area contributed by atoms with Gasteiger partial charge in [-0.2, -0.15) is 0 Å². The first-order chi connectivity index (χ1) is 6.97. The Balaban J connectivity index is 3.23. The standard InChI is InChI=1S/C10H13ClF2N2/c1-5-3-6(2)15-9(11)8(5)7(4-14)10(12)13/h3,7,10H,4,14H2,1-2H3. The lowest BCUT2D eigenvalue weighted by Crippen LogP contribution is -2.21. The van der Waals surface area contributed by atoms with Crippen LogP contribution in [-0.2, 0) is 0 Å². The van der Waals surface area contributed by atoms with Gasteiger partial charge in [0.1, 0.15) is 5.15 Å².